The van der Waals surface area contributed by atoms with Crippen LogP contribution >= 0.6 is 11.3 Å². The Hall–Kier alpha value is -3.40. The van der Waals surface area contributed by atoms with E-state index in [9.17, 15) is 0 Å². The van der Waals surface area contributed by atoms with Crippen molar-refractivity contribution in [2.45, 2.75) is 60.3 Å². The molecule has 0 N–H and O–H groups in total. The normalized spacial score (nSPS) is 12.0. The predicted octanol–water partition coefficient (Wildman–Crippen LogP) is 10.2. The van der Waals surface area contributed by atoms with Gasteiger partial charge in [-0.25, -0.2) is 0 Å². The van der Waals surface area contributed by atoms with Crippen LogP contribution in [0.15, 0.2) is 72.9 Å². The fraction of sp³-hybridized carbons (Fsp3) is 0.270. The van der Waals surface area contributed by atoms with E-state index in [1.165, 1.54) is 21.2 Å². The topological polar surface area (TPSA) is 47.9 Å². The molecule has 0 fully saturated rings. The van der Waals surface area contributed by atoms with Crippen molar-refractivity contribution in [1.29, 1.82) is 0 Å². The van der Waals surface area contributed by atoms with E-state index in [0.717, 1.165) is 44.7 Å². The first-order valence-electron chi connectivity index (χ1n) is 14.3. The van der Waals surface area contributed by atoms with Crippen molar-refractivity contribution in [1.82, 2.24) is 15.2 Å². The quantitative estimate of drug-likeness (QED) is 0.164. The summed E-state index contributed by atoms with van der Waals surface area (Å²) in [6.45, 7) is 15.5. The number of hydrogen-bond donors (Lipinski definition) is 0. The van der Waals surface area contributed by atoms with Gasteiger partial charge in [0.1, 0.15) is 0 Å². The zero-order chi connectivity index (χ0) is 29.6. The van der Waals surface area contributed by atoms with Crippen molar-refractivity contribution < 1.29 is 25.8 Å². The second kappa shape index (κ2) is 11.9. The summed E-state index contributed by atoms with van der Waals surface area (Å²) >= 11 is 1.77. The number of aromatic nitrogens is 3. The van der Waals surface area contributed by atoms with Gasteiger partial charge in [0, 0.05) is 43.6 Å². The summed E-state index contributed by atoms with van der Waals surface area (Å²) in [5.41, 5.74) is 7.21. The van der Waals surface area contributed by atoms with E-state index in [1.54, 1.807) is 11.3 Å². The number of rotatable bonds is 5. The summed E-state index contributed by atoms with van der Waals surface area (Å²) in [5.74, 6) is 1.21. The van der Waals surface area contributed by atoms with E-state index in [1.807, 2.05) is 49.5 Å². The Balaban J connectivity index is 0.00000368. The molecule has 0 saturated heterocycles. The minimum Gasteiger partial charge on any atom is -0.497 e. The molecule has 0 amide bonds. The van der Waals surface area contributed by atoms with Gasteiger partial charge in [-0.1, -0.05) is 71.9 Å². The maximum Gasteiger partial charge on any atom is 2.00 e. The van der Waals surface area contributed by atoms with Crippen LogP contribution in [0, 0.1) is 24.5 Å². The molecule has 0 aliphatic heterocycles. The van der Waals surface area contributed by atoms with E-state index in [-0.39, 0.29) is 31.9 Å². The Bertz CT molecular complexity index is 1930. The molecule has 0 spiro atoms. The van der Waals surface area contributed by atoms with Gasteiger partial charge < -0.3 is 9.72 Å². The number of pyridine rings is 1. The molecule has 0 unspecified atom stereocenters. The number of aryl methyl sites for hydroxylation is 1. The van der Waals surface area contributed by atoms with E-state index in [0.29, 0.717) is 11.5 Å². The van der Waals surface area contributed by atoms with Crippen molar-refractivity contribution in [3.63, 3.8) is 0 Å². The van der Waals surface area contributed by atoms with Crippen LogP contribution in [-0.4, -0.2) is 15.2 Å². The zero-order valence-corrected chi connectivity index (χ0v) is 28.7. The number of nitrogens with zero attached hydrogens (tertiary/aromatic N) is 3. The SMILES string of the molecule is Cc1nnc(-c2[c-]c(Oc3[c-]c(-c4cc(C(C)(C)C)ccn4)ccc3)ccc2)c2sc3cc(CC(C)(C)C)ccc3c12.[Pt+2]. The van der Waals surface area contributed by atoms with Gasteiger partial charge in [-0.3, -0.25) is 0 Å². The molecular weight excluding hydrogens is 730 g/mol. The van der Waals surface area contributed by atoms with Crippen LogP contribution in [0.3, 0.4) is 0 Å². The molecule has 0 bridgehead atoms. The Labute approximate surface area is 272 Å². The van der Waals surface area contributed by atoms with E-state index >= 15 is 0 Å². The first kappa shape index (κ1) is 31.0. The fourth-order valence-corrected chi connectivity index (χ4v) is 6.57. The Morgan fingerprint density at radius 2 is 1.51 bits per heavy atom. The van der Waals surface area contributed by atoms with Crippen molar-refractivity contribution in [3.05, 3.63) is 102 Å². The van der Waals surface area contributed by atoms with Crippen LogP contribution < -0.4 is 4.74 Å². The Morgan fingerprint density at radius 1 is 0.814 bits per heavy atom. The third kappa shape index (κ3) is 6.74. The third-order valence-electron chi connectivity index (χ3n) is 7.28. The molecule has 3 aromatic heterocycles. The molecule has 3 aromatic carbocycles. The maximum atomic E-state index is 6.27. The molecule has 6 rings (SSSR count). The van der Waals surface area contributed by atoms with Gasteiger partial charge in [-0.05, 0) is 53.1 Å². The molecule has 4 nitrogen and oxygen atoms in total. The molecule has 0 aliphatic rings. The largest absolute Gasteiger partial charge is 2.00 e. The molecule has 0 atom stereocenters. The molecule has 0 radical (unpaired) electrons. The van der Waals surface area contributed by atoms with Gasteiger partial charge in [0.25, 0.3) is 0 Å². The Kier molecular flexibility index (Phi) is 8.62. The number of fused-ring (bicyclic) bond motifs is 3. The van der Waals surface area contributed by atoms with Crippen LogP contribution in [0.1, 0.15) is 58.4 Å². The Morgan fingerprint density at radius 3 is 2.21 bits per heavy atom. The van der Waals surface area contributed by atoms with Crippen LogP contribution in [0.5, 0.6) is 11.5 Å². The molecule has 3 heterocycles. The molecule has 0 saturated carbocycles. The average Bonchev–Trinajstić information content (AvgIpc) is 3.32. The van der Waals surface area contributed by atoms with Gasteiger partial charge in [0.2, 0.25) is 0 Å². The van der Waals surface area contributed by atoms with Crippen molar-refractivity contribution in [2.24, 2.45) is 5.41 Å². The minimum atomic E-state index is 0. The molecule has 220 valence electrons. The van der Waals surface area contributed by atoms with Crippen molar-refractivity contribution in [2.75, 3.05) is 0 Å². The maximum absolute atomic E-state index is 6.27. The first-order valence-corrected chi connectivity index (χ1v) is 15.1. The number of thiophene rings is 1. The molecular formula is C37H35N3OPtS. The van der Waals surface area contributed by atoms with Gasteiger partial charge in [-0.15, -0.1) is 58.9 Å². The second-order valence-electron chi connectivity index (χ2n) is 13.1. The molecule has 0 aliphatic carbocycles. The molecule has 6 aromatic rings. The summed E-state index contributed by atoms with van der Waals surface area (Å²) in [7, 11) is 0. The van der Waals surface area contributed by atoms with Gasteiger partial charge in [0.15, 0.2) is 0 Å². The van der Waals surface area contributed by atoms with E-state index < -0.39 is 0 Å². The number of hydrogen-bond acceptors (Lipinski definition) is 5. The average molecular weight is 765 g/mol. The summed E-state index contributed by atoms with van der Waals surface area (Å²) in [4.78, 5) is 4.59. The summed E-state index contributed by atoms with van der Waals surface area (Å²) in [5, 5.41) is 11.6. The predicted molar refractivity (Wildman–Crippen MR) is 174 cm³/mol. The van der Waals surface area contributed by atoms with Gasteiger partial charge in [-0.2, -0.15) is 10.2 Å². The standard InChI is InChI=1S/C37H35N3OS.Pt/c1-23-33-30-15-14-24(22-36(2,3)4)18-32(30)42-35(33)34(40-39-23)26-11-9-13-29(20-26)41-28-12-8-10-25(19-28)31-21-27(16-17-38-31)37(5,6)7;/h8-18,21H,22H2,1-7H3;/q-2;+2. The second-order valence-corrected chi connectivity index (χ2v) is 14.2. The summed E-state index contributed by atoms with van der Waals surface area (Å²) in [6, 6.07) is 29.6. The van der Waals surface area contributed by atoms with Crippen molar-refractivity contribution >= 4 is 31.5 Å². The van der Waals surface area contributed by atoms with Crippen molar-refractivity contribution in [3.8, 4) is 34.0 Å². The van der Waals surface area contributed by atoms with Crippen LogP contribution in [0.4, 0.5) is 0 Å². The molecule has 6 heteroatoms. The minimum absolute atomic E-state index is 0. The smallest absolute Gasteiger partial charge is 0.497 e. The number of benzene rings is 3. The fourth-order valence-electron chi connectivity index (χ4n) is 5.25. The first-order chi connectivity index (χ1) is 19.9. The van der Waals surface area contributed by atoms with Crippen LogP contribution in [0.2, 0.25) is 0 Å². The van der Waals surface area contributed by atoms with E-state index in [2.05, 4.69) is 99.2 Å². The van der Waals surface area contributed by atoms with Gasteiger partial charge >= 0.3 is 21.1 Å². The summed E-state index contributed by atoms with van der Waals surface area (Å²) < 4.78 is 8.65. The summed E-state index contributed by atoms with van der Waals surface area (Å²) in [6.07, 6.45) is 2.89. The van der Waals surface area contributed by atoms with E-state index in [4.69, 9.17) is 4.74 Å². The van der Waals surface area contributed by atoms with Gasteiger partial charge in [0.05, 0.1) is 5.69 Å². The van der Waals surface area contributed by atoms with Crippen LogP contribution in [-0.2, 0) is 32.9 Å². The number of ether oxygens (including phenoxy) is 1. The van der Waals surface area contributed by atoms with Crippen LogP contribution in [0.25, 0.3) is 42.7 Å². The zero-order valence-electron chi connectivity index (χ0n) is 25.6. The third-order valence-corrected chi connectivity index (χ3v) is 8.44. The molecule has 43 heavy (non-hydrogen) atoms. The monoisotopic (exact) mass is 764 g/mol.